The van der Waals surface area contributed by atoms with Crippen LogP contribution in [0.1, 0.15) is 17.5 Å². The van der Waals surface area contributed by atoms with Crippen LogP contribution < -0.4 is 5.73 Å². The molecule has 0 aromatic heterocycles. The topological polar surface area (TPSA) is 87.2 Å². The van der Waals surface area contributed by atoms with E-state index in [0.29, 0.717) is 30.6 Å². The van der Waals surface area contributed by atoms with Gasteiger partial charge >= 0.3 is 0 Å². The van der Waals surface area contributed by atoms with Gasteiger partial charge in [-0.15, -0.1) is 0 Å². The lowest BCUT2D eigenvalue weighted by Gasteiger charge is -2.16. The van der Waals surface area contributed by atoms with Crippen molar-refractivity contribution in [2.45, 2.75) is 24.3 Å². The van der Waals surface area contributed by atoms with Crippen molar-refractivity contribution >= 4 is 10.0 Å². The maximum absolute atomic E-state index is 12.3. The Morgan fingerprint density at radius 1 is 1.50 bits per heavy atom. The van der Waals surface area contributed by atoms with Gasteiger partial charge < -0.3 is 5.73 Å². The molecule has 0 amide bonds. The second-order valence-electron chi connectivity index (χ2n) is 4.50. The first-order valence-electron chi connectivity index (χ1n) is 5.71. The first-order valence-corrected chi connectivity index (χ1v) is 7.15. The quantitative estimate of drug-likeness (QED) is 0.847. The van der Waals surface area contributed by atoms with Crippen molar-refractivity contribution < 1.29 is 8.42 Å². The molecule has 1 atom stereocenters. The van der Waals surface area contributed by atoms with Crippen LogP contribution in [0.15, 0.2) is 23.1 Å². The summed E-state index contributed by atoms with van der Waals surface area (Å²) in [4.78, 5) is 0.230. The van der Waals surface area contributed by atoms with Crippen LogP contribution in [-0.2, 0) is 10.0 Å². The average Bonchev–Trinajstić information content (AvgIpc) is 2.76. The van der Waals surface area contributed by atoms with Crippen LogP contribution in [0, 0.1) is 18.3 Å². The fourth-order valence-corrected chi connectivity index (χ4v) is 3.64. The fourth-order valence-electron chi connectivity index (χ4n) is 2.04. The number of hydrogen-bond acceptors (Lipinski definition) is 4. The molecule has 1 heterocycles. The molecule has 1 aliphatic rings. The SMILES string of the molecule is Cc1cc(S(=O)(=O)N2CC[C@H](N)C2)ccc1C#N. The summed E-state index contributed by atoms with van der Waals surface area (Å²) in [6.07, 6.45) is 0.689. The van der Waals surface area contributed by atoms with Crippen LogP contribution in [0.25, 0.3) is 0 Å². The molecule has 18 heavy (non-hydrogen) atoms. The van der Waals surface area contributed by atoms with Crippen LogP contribution in [0.5, 0.6) is 0 Å². The molecule has 6 heteroatoms. The van der Waals surface area contributed by atoms with Gasteiger partial charge in [0.25, 0.3) is 0 Å². The first kappa shape index (κ1) is 13.0. The highest BCUT2D eigenvalue weighted by molar-refractivity contribution is 7.89. The van der Waals surface area contributed by atoms with E-state index in [0.717, 1.165) is 0 Å². The Balaban J connectivity index is 2.37. The monoisotopic (exact) mass is 265 g/mol. The second kappa shape index (κ2) is 4.69. The molecule has 0 saturated carbocycles. The zero-order valence-electron chi connectivity index (χ0n) is 10.1. The zero-order chi connectivity index (χ0) is 13.3. The molecule has 0 bridgehead atoms. The van der Waals surface area contributed by atoms with Crippen molar-refractivity contribution in [1.29, 1.82) is 5.26 Å². The normalized spacial score (nSPS) is 20.8. The third-order valence-corrected chi connectivity index (χ3v) is 5.00. The molecule has 5 nitrogen and oxygen atoms in total. The van der Waals surface area contributed by atoms with Crippen LogP contribution in [0.3, 0.4) is 0 Å². The number of rotatable bonds is 2. The fraction of sp³-hybridized carbons (Fsp3) is 0.417. The Kier molecular flexibility index (Phi) is 3.39. The first-order chi connectivity index (χ1) is 8.45. The minimum atomic E-state index is -3.48. The van der Waals surface area contributed by atoms with Crippen molar-refractivity contribution in [3.05, 3.63) is 29.3 Å². The molecule has 1 aromatic carbocycles. The van der Waals surface area contributed by atoms with Gasteiger partial charge in [0.15, 0.2) is 0 Å². The highest BCUT2D eigenvalue weighted by Gasteiger charge is 2.30. The Morgan fingerprint density at radius 2 is 2.22 bits per heavy atom. The number of aryl methyl sites for hydroxylation is 1. The number of benzene rings is 1. The number of nitriles is 1. The van der Waals surface area contributed by atoms with E-state index in [2.05, 4.69) is 0 Å². The van der Waals surface area contributed by atoms with E-state index in [4.69, 9.17) is 11.0 Å². The molecular formula is C12H15N3O2S. The molecule has 1 saturated heterocycles. The molecule has 0 radical (unpaired) electrons. The van der Waals surface area contributed by atoms with Crippen molar-refractivity contribution in [3.63, 3.8) is 0 Å². The van der Waals surface area contributed by atoms with Crippen molar-refractivity contribution in [3.8, 4) is 6.07 Å². The predicted molar refractivity (Wildman–Crippen MR) is 67.2 cm³/mol. The van der Waals surface area contributed by atoms with Crippen molar-refractivity contribution in [2.24, 2.45) is 5.73 Å². The van der Waals surface area contributed by atoms with E-state index in [9.17, 15) is 8.42 Å². The summed E-state index contributed by atoms with van der Waals surface area (Å²) in [7, 11) is -3.48. The molecule has 1 aromatic rings. The Bertz CT molecular complexity index is 604. The lowest BCUT2D eigenvalue weighted by molar-refractivity contribution is 0.472. The minimum Gasteiger partial charge on any atom is -0.326 e. The molecule has 0 aliphatic carbocycles. The molecule has 2 N–H and O–H groups in total. The second-order valence-corrected chi connectivity index (χ2v) is 6.44. The van der Waals surface area contributed by atoms with Crippen molar-refractivity contribution in [2.75, 3.05) is 13.1 Å². The van der Waals surface area contributed by atoms with Gasteiger partial charge in [-0.25, -0.2) is 8.42 Å². The van der Waals surface area contributed by atoms with E-state index < -0.39 is 10.0 Å². The van der Waals surface area contributed by atoms with E-state index in [1.165, 1.54) is 22.5 Å². The van der Waals surface area contributed by atoms with E-state index >= 15 is 0 Å². The molecule has 1 fully saturated rings. The van der Waals surface area contributed by atoms with Gasteiger partial charge in [0.2, 0.25) is 10.0 Å². The summed E-state index contributed by atoms with van der Waals surface area (Å²) in [5.41, 5.74) is 6.89. The molecule has 0 unspecified atom stereocenters. The zero-order valence-corrected chi connectivity index (χ0v) is 10.9. The van der Waals surface area contributed by atoms with Gasteiger partial charge in [-0.05, 0) is 37.1 Å². The van der Waals surface area contributed by atoms with E-state index in [1.54, 1.807) is 6.92 Å². The summed E-state index contributed by atoms with van der Waals surface area (Å²) < 4.78 is 26.0. The summed E-state index contributed by atoms with van der Waals surface area (Å²) in [5.74, 6) is 0. The number of nitrogens with two attached hydrogens (primary N) is 1. The molecule has 96 valence electrons. The summed E-state index contributed by atoms with van der Waals surface area (Å²) in [5, 5.41) is 8.83. The van der Waals surface area contributed by atoms with E-state index in [-0.39, 0.29) is 10.9 Å². The third-order valence-electron chi connectivity index (χ3n) is 3.14. The van der Waals surface area contributed by atoms with Gasteiger partial charge in [0, 0.05) is 19.1 Å². The largest absolute Gasteiger partial charge is 0.326 e. The number of hydrogen-bond donors (Lipinski definition) is 1. The van der Waals surface area contributed by atoms with Crippen LogP contribution in [-0.4, -0.2) is 31.9 Å². The predicted octanol–water partition coefficient (Wildman–Crippen LogP) is 0.588. The van der Waals surface area contributed by atoms with Crippen LogP contribution >= 0.6 is 0 Å². The summed E-state index contributed by atoms with van der Waals surface area (Å²) in [6, 6.07) is 6.49. The highest BCUT2D eigenvalue weighted by atomic mass is 32.2. The lowest BCUT2D eigenvalue weighted by atomic mass is 10.1. The van der Waals surface area contributed by atoms with Gasteiger partial charge in [-0.2, -0.15) is 9.57 Å². The molecule has 2 rings (SSSR count). The number of sulfonamides is 1. The maximum Gasteiger partial charge on any atom is 0.243 e. The van der Waals surface area contributed by atoms with Crippen LogP contribution in [0.4, 0.5) is 0 Å². The average molecular weight is 265 g/mol. The molecule has 0 spiro atoms. The molecule has 1 aliphatic heterocycles. The van der Waals surface area contributed by atoms with Crippen molar-refractivity contribution in [1.82, 2.24) is 4.31 Å². The van der Waals surface area contributed by atoms with Gasteiger partial charge in [-0.3, -0.25) is 0 Å². The Morgan fingerprint density at radius 3 is 2.72 bits per heavy atom. The standard InChI is InChI=1S/C12H15N3O2S/c1-9-6-12(3-2-10(9)7-13)18(16,17)15-5-4-11(14)8-15/h2-3,6,11H,4-5,8,14H2,1H3/t11-/m0/s1. The maximum atomic E-state index is 12.3. The van der Waals surface area contributed by atoms with Gasteiger partial charge in [0.05, 0.1) is 16.5 Å². The summed E-state index contributed by atoms with van der Waals surface area (Å²) in [6.45, 7) is 2.55. The highest BCUT2D eigenvalue weighted by Crippen LogP contribution is 2.22. The smallest absolute Gasteiger partial charge is 0.243 e. The Labute approximate surface area is 107 Å². The third kappa shape index (κ3) is 2.25. The van der Waals surface area contributed by atoms with Gasteiger partial charge in [0.1, 0.15) is 0 Å². The van der Waals surface area contributed by atoms with Gasteiger partial charge in [-0.1, -0.05) is 0 Å². The Hall–Kier alpha value is -1.42. The summed E-state index contributed by atoms with van der Waals surface area (Å²) >= 11 is 0. The lowest BCUT2D eigenvalue weighted by Crippen LogP contribution is -2.32. The van der Waals surface area contributed by atoms with E-state index in [1.807, 2.05) is 6.07 Å². The minimum absolute atomic E-state index is 0.0840. The number of nitrogens with zero attached hydrogens (tertiary/aromatic N) is 2. The molecular weight excluding hydrogens is 250 g/mol. The van der Waals surface area contributed by atoms with Crippen LogP contribution in [0.2, 0.25) is 0 Å².